The lowest BCUT2D eigenvalue weighted by Gasteiger charge is -2.08. The van der Waals surface area contributed by atoms with E-state index in [2.05, 4.69) is 0 Å². The molecule has 0 atom stereocenters. The predicted octanol–water partition coefficient (Wildman–Crippen LogP) is 3.05. The van der Waals surface area contributed by atoms with Crippen molar-refractivity contribution >= 4 is 17.6 Å². The first-order valence-corrected chi connectivity index (χ1v) is 5.67. The van der Waals surface area contributed by atoms with Crippen LogP contribution in [0.2, 0.25) is 0 Å². The Kier molecular flexibility index (Phi) is 3.93. The van der Waals surface area contributed by atoms with E-state index in [9.17, 15) is 22.8 Å². The van der Waals surface area contributed by atoms with Crippen molar-refractivity contribution in [2.75, 3.05) is 5.32 Å². The first kappa shape index (κ1) is 14.6. The van der Waals surface area contributed by atoms with E-state index in [0.29, 0.717) is 12.1 Å². The molecule has 0 radical (unpaired) electrons. The summed E-state index contributed by atoms with van der Waals surface area (Å²) in [6, 6.07) is 5.09. The molecule has 0 heterocycles. The summed E-state index contributed by atoms with van der Waals surface area (Å²) in [5.41, 5.74) is -1.23. The van der Waals surface area contributed by atoms with Crippen molar-refractivity contribution in [1.82, 2.24) is 0 Å². The van der Waals surface area contributed by atoms with Gasteiger partial charge in [-0.25, -0.2) is 18.0 Å². The second kappa shape index (κ2) is 5.66. The second-order valence-electron chi connectivity index (χ2n) is 4.08. The second-order valence-corrected chi connectivity index (χ2v) is 4.08. The van der Waals surface area contributed by atoms with Crippen LogP contribution >= 0.6 is 0 Å². The number of hydrogen-bond acceptors (Lipinski definition) is 2. The third kappa shape index (κ3) is 3.19. The summed E-state index contributed by atoms with van der Waals surface area (Å²) in [6.45, 7) is 0. The molecule has 21 heavy (non-hydrogen) atoms. The SMILES string of the molecule is O=C(O)c1ccc(NC(=O)c2cc(F)ccc2F)c(F)c1. The number of carboxylic acids is 1. The van der Waals surface area contributed by atoms with Crippen LogP contribution in [0.15, 0.2) is 36.4 Å². The summed E-state index contributed by atoms with van der Waals surface area (Å²) in [5.74, 6) is -5.16. The molecular weight excluding hydrogens is 287 g/mol. The summed E-state index contributed by atoms with van der Waals surface area (Å²) in [4.78, 5) is 22.4. The molecule has 0 aliphatic carbocycles. The molecule has 2 aromatic rings. The van der Waals surface area contributed by atoms with Crippen LogP contribution in [0.3, 0.4) is 0 Å². The van der Waals surface area contributed by atoms with Gasteiger partial charge in [-0.3, -0.25) is 4.79 Å². The van der Waals surface area contributed by atoms with Crippen molar-refractivity contribution in [3.8, 4) is 0 Å². The molecule has 0 saturated heterocycles. The number of carbonyl (C=O) groups excluding carboxylic acids is 1. The van der Waals surface area contributed by atoms with Crippen LogP contribution in [0.4, 0.5) is 18.9 Å². The van der Waals surface area contributed by atoms with Crippen LogP contribution in [-0.4, -0.2) is 17.0 Å². The fourth-order valence-electron chi connectivity index (χ4n) is 1.61. The van der Waals surface area contributed by atoms with Gasteiger partial charge in [-0.15, -0.1) is 0 Å². The zero-order valence-electron chi connectivity index (χ0n) is 10.4. The Hall–Kier alpha value is -2.83. The van der Waals surface area contributed by atoms with E-state index in [1.807, 2.05) is 5.32 Å². The van der Waals surface area contributed by atoms with Crippen molar-refractivity contribution in [2.45, 2.75) is 0 Å². The summed E-state index contributed by atoms with van der Waals surface area (Å²) in [5, 5.41) is 10.7. The highest BCUT2D eigenvalue weighted by molar-refractivity contribution is 6.04. The number of amides is 1. The van der Waals surface area contributed by atoms with E-state index in [0.717, 1.165) is 24.3 Å². The zero-order chi connectivity index (χ0) is 15.6. The van der Waals surface area contributed by atoms with Crippen LogP contribution in [-0.2, 0) is 0 Å². The predicted molar refractivity (Wildman–Crippen MR) is 67.7 cm³/mol. The molecular formula is C14H8F3NO3. The standard InChI is InChI=1S/C14H8F3NO3/c15-8-2-3-10(16)9(6-8)13(19)18-12-4-1-7(14(20)21)5-11(12)17/h1-6H,(H,18,19)(H,20,21). The van der Waals surface area contributed by atoms with E-state index in [-0.39, 0.29) is 11.3 Å². The minimum absolute atomic E-state index is 0.303. The lowest BCUT2D eigenvalue weighted by Crippen LogP contribution is -2.15. The van der Waals surface area contributed by atoms with E-state index in [4.69, 9.17) is 5.11 Å². The van der Waals surface area contributed by atoms with Crippen LogP contribution in [0.5, 0.6) is 0 Å². The van der Waals surface area contributed by atoms with Gasteiger partial charge in [-0.2, -0.15) is 0 Å². The van der Waals surface area contributed by atoms with Gasteiger partial charge in [0.15, 0.2) is 0 Å². The van der Waals surface area contributed by atoms with Gasteiger partial charge in [0.2, 0.25) is 0 Å². The highest BCUT2D eigenvalue weighted by atomic mass is 19.1. The number of hydrogen-bond donors (Lipinski definition) is 2. The molecule has 0 aliphatic heterocycles. The van der Waals surface area contributed by atoms with E-state index >= 15 is 0 Å². The maximum atomic E-state index is 13.6. The number of anilines is 1. The van der Waals surface area contributed by atoms with Crippen molar-refractivity contribution < 1.29 is 27.9 Å². The highest BCUT2D eigenvalue weighted by Crippen LogP contribution is 2.18. The highest BCUT2D eigenvalue weighted by Gasteiger charge is 2.15. The van der Waals surface area contributed by atoms with Gasteiger partial charge < -0.3 is 10.4 Å². The average molecular weight is 295 g/mol. The largest absolute Gasteiger partial charge is 0.478 e. The third-order valence-corrected chi connectivity index (χ3v) is 2.64. The number of benzene rings is 2. The summed E-state index contributed by atoms with van der Waals surface area (Å²) >= 11 is 0. The molecule has 2 rings (SSSR count). The molecule has 0 spiro atoms. The Morgan fingerprint density at radius 1 is 0.952 bits per heavy atom. The quantitative estimate of drug-likeness (QED) is 0.914. The van der Waals surface area contributed by atoms with Crippen LogP contribution in [0, 0.1) is 17.5 Å². The van der Waals surface area contributed by atoms with Gasteiger partial charge in [0, 0.05) is 0 Å². The molecule has 7 heteroatoms. The lowest BCUT2D eigenvalue weighted by atomic mass is 10.1. The fourth-order valence-corrected chi connectivity index (χ4v) is 1.61. The monoisotopic (exact) mass is 295 g/mol. The van der Waals surface area contributed by atoms with Gasteiger partial charge in [-0.1, -0.05) is 0 Å². The topological polar surface area (TPSA) is 66.4 Å². The van der Waals surface area contributed by atoms with E-state index in [1.54, 1.807) is 0 Å². The zero-order valence-corrected chi connectivity index (χ0v) is 10.4. The molecule has 0 unspecified atom stereocenters. The summed E-state index contributed by atoms with van der Waals surface area (Å²) in [7, 11) is 0. The molecule has 2 N–H and O–H groups in total. The smallest absolute Gasteiger partial charge is 0.335 e. The summed E-state index contributed by atoms with van der Waals surface area (Å²) in [6.07, 6.45) is 0. The number of carbonyl (C=O) groups is 2. The summed E-state index contributed by atoms with van der Waals surface area (Å²) < 4.78 is 40.0. The molecule has 0 saturated carbocycles. The maximum Gasteiger partial charge on any atom is 0.335 e. The van der Waals surface area contributed by atoms with Crippen molar-refractivity contribution in [3.05, 3.63) is 65.0 Å². The van der Waals surface area contributed by atoms with Gasteiger partial charge >= 0.3 is 5.97 Å². The van der Waals surface area contributed by atoms with Gasteiger partial charge in [0.1, 0.15) is 17.5 Å². The van der Waals surface area contributed by atoms with Crippen LogP contribution < -0.4 is 5.32 Å². The number of carboxylic acid groups (broad SMARTS) is 1. The maximum absolute atomic E-state index is 13.6. The lowest BCUT2D eigenvalue weighted by molar-refractivity contribution is 0.0696. The number of rotatable bonds is 3. The Bertz CT molecular complexity index is 731. The molecule has 0 bridgehead atoms. The van der Waals surface area contributed by atoms with Gasteiger partial charge in [-0.05, 0) is 36.4 Å². The molecule has 0 aromatic heterocycles. The Morgan fingerprint density at radius 3 is 2.29 bits per heavy atom. The molecule has 2 aromatic carbocycles. The Balaban J connectivity index is 2.27. The number of halogens is 3. The average Bonchev–Trinajstić information content (AvgIpc) is 2.43. The third-order valence-electron chi connectivity index (χ3n) is 2.64. The molecule has 4 nitrogen and oxygen atoms in total. The molecule has 108 valence electrons. The molecule has 1 amide bonds. The van der Waals surface area contributed by atoms with Crippen molar-refractivity contribution in [3.63, 3.8) is 0 Å². The van der Waals surface area contributed by atoms with Crippen LogP contribution in [0.25, 0.3) is 0 Å². The van der Waals surface area contributed by atoms with E-state index in [1.165, 1.54) is 0 Å². The van der Waals surface area contributed by atoms with Crippen molar-refractivity contribution in [2.24, 2.45) is 0 Å². The first-order chi connectivity index (χ1) is 9.88. The normalized spacial score (nSPS) is 10.2. The number of aromatic carboxylic acids is 1. The van der Waals surface area contributed by atoms with Gasteiger partial charge in [0.05, 0.1) is 16.8 Å². The van der Waals surface area contributed by atoms with Gasteiger partial charge in [0.25, 0.3) is 5.91 Å². The minimum atomic E-state index is -1.33. The Morgan fingerprint density at radius 2 is 1.67 bits per heavy atom. The van der Waals surface area contributed by atoms with Crippen LogP contribution in [0.1, 0.15) is 20.7 Å². The van der Waals surface area contributed by atoms with E-state index < -0.39 is 34.9 Å². The fraction of sp³-hybridized carbons (Fsp3) is 0. The first-order valence-electron chi connectivity index (χ1n) is 5.67. The molecule has 0 aliphatic rings. The Labute approximate surface area is 116 Å². The minimum Gasteiger partial charge on any atom is -0.478 e. The molecule has 0 fully saturated rings. The van der Waals surface area contributed by atoms with Crippen molar-refractivity contribution in [1.29, 1.82) is 0 Å². The number of nitrogens with one attached hydrogen (secondary N) is 1.